The lowest BCUT2D eigenvalue weighted by Crippen LogP contribution is -2.33. The molecular weight excluding hydrogens is 190 g/mol. The van der Waals surface area contributed by atoms with Gasteiger partial charge in [-0.3, -0.25) is 4.79 Å². The molecule has 0 bridgehead atoms. The van der Waals surface area contributed by atoms with Crippen LogP contribution in [0.5, 0.6) is 0 Å². The minimum Gasteiger partial charge on any atom is -0.481 e. The summed E-state index contributed by atoms with van der Waals surface area (Å²) in [6, 6.07) is 2.20. The highest BCUT2D eigenvalue weighted by Crippen LogP contribution is 2.36. The first-order chi connectivity index (χ1) is 6.87. The molecular formula is C12H21NO2. The second kappa shape index (κ2) is 5.75. The summed E-state index contributed by atoms with van der Waals surface area (Å²) in [5.74, 6) is -1.05. The van der Waals surface area contributed by atoms with Crippen LogP contribution in [0.1, 0.15) is 47.0 Å². The van der Waals surface area contributed by atoms with Crippen molar-refractivity contribution in [3.05, 3.63) is 0 Å². The second-order valence-corrected chi connectivity index (χ2v) is 4.81. The summed E-state index contributed by atoms with van der Waals surface area (Å²) >= 11 is 0. The van der Waals surface area contributed by atoms with Crippen LogP contribution in [0.3, 0.4) is 0 Å². The first kappa shape index (κ1) is 14.0. The fourth-order valence-corrected chi connectivity index (χ4v) is 2.12. The zero-order valence-electron chi connectivity index (χ0n) is 10.1. The highest BCUT2D eigenvalue weighted by Gasteiger charge is 2.39. The molecule has 1 N–H and O–H groups in total. The van der Waals surface area contributed by atoms with E-state index in [1.54, 1.807) is 6.92 Å². The zero-order valence-corrected chi connectivity index (χ0v) is 10.1. The molecule has 0 amide bonds. The van der Waals surface area contributed by atoms with Gasteiger partial charge in [0.15, 0.2) is 0 Å². The summed E-state index contributed by atoms with van der Waals surface area (Å²) in [5.41, 5.74) is -0.740. The van der Waals surface area contributed by atoms with Crippen molar-refractivity contribution in [1.29, 1.82) is 5.26 Å². The molecule has 2 atom stereocenters. The van der Waals surface area contributed by atoms with Crippen molar-refractivity contribution in [1.82, 2.24) is 0 Å². The molecule has 0 aliphatic heterocycles. The number of nitrogens with zero attached hydrogens (tertiary/aromatic N) is 1. The topological polar surface area (TPSA) is 61.1 Å². The van der Waals surface area contributed by atoms with Gasteiger partial charge in [0, 0.05) is 0 Å². The summed E-state index contributed by atoms with van der Waals surface area (Å²) in [7, 11) is 0. The van der Waals surface area contributed by atoms with Crippen LogP contribution in [0.15, 0.2) is 0 Å². The number of rotatable bonds is 6. The number of hydrogen-bond acceptors (Lipinski definition) is 2. The number of aliphatic carboxylic acids is 1. The molecule has 0 spiro atoms. The van der Waals surface area contributed by atoms with Gasteiger partial charge < -0.3 is 5.11 Å². The number of carboxylic acids is 1. The summed E-state index contributed by atoms with van der Waals surface area (Å²) in [6.45, 7) is 7.74. The average Bonchev–Trinajstić information content (AvgIpc) is 2.12. The molecule has 3 heteroatoms. The number of carboxylic acid groups (broad SMARTS) is 1. The van der Waals surface area contributed by atoms with Gasteiger partial charge in [-0.15, -0.1) is 0 Å². The third-order valence-electron chi connectivity index (χ3n) is 2.73. The Morgan fingerprint density at radius 2 is 2.07 bits per heavy atom. The van der Waals surface area contributed by atoms with E-state index in [1.807, 2.05) is 20.8 Å². The van der Waals surface area contributed by atoms with Crippen LogP contribution < -0.4 is 0 Å². The van der Waals surface area contributed by atoms with Crippen LogP contribution in [-0.2, 0) is 4.79 Å². The molecule has 0 aromatic heterocycles. The van der Waals surface area contributed by atoms with Crippen molar-refractivity contribution in [2.75, 3.05) is 0 Å². The van der Waals surface area contributed by atoms with Gasteiger partial charge in [-0.1, -0.05) is 27.2 Å². The van der Waals surface area contributed by atoms with Crippen molar-refractivity contribution < 1.29 is 9.90 Å². The molecule has 15 heavy (non-hydrogen) atoms. The Kier molecular flexibility index (Phi) is 5.35. The van der Waals surface area contributed by atoms with Gasteiger partial charge in [-0.25, -0.2) is 0 Å². The van der Waals surface area contributed by atoms with Gasteiger partial charge >= 0.3 is 5.97 Å². The summed E-state index contributed by atoms with van der Waals surface area (Å²) in [5, 5.41) is 18.3. The summed E-state index contributed by atoms with van der Waals surface area (Å²) < 4.78 is 0. The maximum absolute atomic E-state index is 11.1. The van der Waals surface area contributed by atoms with Gasteiger partial charge in [0.05, 0.1) is 17.4 Å². The molecule has 0 saturated heterocycles. The zero-order chi connectivity index (χ0) is 12.1. The monoisotopic (exact) mass is 211 g/mol. The van der Waals surface area contributed by atoms with Crippen LogP contribution in [0.25, 0.3) is 0 Å². The Bertz CT molecular complexity index is 255. The van der Waals surface area contributed by atoms with E-state index in [2.05, 4.69) is 6.07 Å². The quantitative estimate of drug-likeness (QED) is 0.734. The predicted octanol–water partition coefficient (Wildman–Crippen LogP) is 3.06. The van der Waals surface area contributed by atoms with Gasteiger partial charge in [-0.2, -0.15) is 5.26 Å². The molecule has 0 rings (SSSR count). The molecule has 0 saturated carbocycles. The van der Waals surface area contributed by atoms with Crippen molar-refractivity contribution >= 4 is 5.97 Å². The van der Waals surface area contributed by atoms with Crippen LogP contribution in [0, 0.1) is 28.6 Å². The Morgan fingerprint density at radius 1 is 1.53 bits per heavy atom. The van der Waals surface area contributed by atoms with E-state index in [-0.39, 0.29) is 0 Å². The van der Waals surface area contributed by atoms with E-state index in [0.717, 1.165) is 6.42 Å². The van der Waals surface area contributed by atoms with Crippen LogP contribution in [0.2, 0.25) is 0 Å². The average molecular weight is 211 g/mol. The number of nitriles is 1. The lowest BCUT2D eigenvalue weighted by Gasteiger charge is -2.30. The van der Waals surface area contributed by atoms with E-state index in [1.165, 1.54) is 0 Å². The molecule has 0 aromatic carbocycles. The minimum atomic E-state index is -0.846. The highest BCUT2D eigenvalue weighted by atomic mass is 16.4. The van der Waals surface area contributed by atoms with E-state index in [0.29, 0.717) is 18.8 Å². The van der Waals surface area contributed by atoms with Crippen molar-refractivity contribution in [2.24, 2.45) is 17.3 Å². The van der Waals surface area contributed by atoms with Gasteiger partial charge in [0.1, 0.15) is 0 Å². The Labute approximate surface area is 92.1 Å². The van der Waals surface area contributed by atoms with Crippen molar-refractivity contribution in [3.8, 4) is 6.07 Å². The lowest BCUT2D eigenvalue weighted by molar-refractivity contribution is -0.145. The molecule has 0 aromatic rings. The van der Waals surface area contributed by atoms with Crippen LogP contribution >= 0.6 is 0 Å². The lowest BCUT2D eigenvalue weighted by atomic mass is 9.71. The van der Waals surface area contributed by atoms with Crippen molar-refractivity contribution in [2.45, 2.75) is 47.0 Å². The molecule has 0 fully saturated rings. The first-order valence-corrected chi connectivity index (χ1v) is 5.51. The molecule has 0 radical (unpaired) electrons. The minimum absolute atomic E-state index is 0.341. The Morgan fingerprint density at radius 3 is 2.33 bits per heavy atom. The Balaban J connectivity index is 4.87. The fraction of sp³-hybridized carbons (Fsp3) is 0.833. The van der Waals surface area contributed by atoms with Gasteiger partial charge in [0.2, 0.25) is 0 Å². The van der Waals surface area contributed by atoms with Crippen LogP contribution in [0.4, 0.5) is 0 Å². The van der Waals surface area contributed by atoms with E-state index in [9.17, 15) is 4.79 Å². The molecule has 0 aliphatic carbocycles. The second-order valence-electron chi connectivity index (χ2n) is 4.81. The fourth-order valence-electron chi connectivity index (χ4n) is 2.12. The maximum atomic E-state index is 11.1. The van der Waals surface area contributed by atoms with Gasteiger partial charge in [-0.05, 0) is 25.7 Å². The number of carbonyl (C=O) groups is 1. The van der Waals surface area contributed by atoms with E-state index < -0.39 is 17.3 Å². The maximum Gasteiger partial charge on any atom is 0.308 e. The SMILES string of the molecule is CCCC(C(=O)O)C(C)(C#N)CC(C)C. The number of hydrogen-bond donors (Lipinski definition) is 1. The molecule has 2 unspecified atom stereocenters. The van der Waals surface area contributed by atoms with Crippen molar-refractivity contribution in [3.63, 3.8) is 0 Å². The summed E-state index contributed by atoms with van der Waals surface area (Å²) in [6.07, 6.45) is 2.01. The molecule has 3 nitrogen and oxygen atoms in total. The van der Waals surface area contributed by atoms with Crippen LogP contribution in [-0.4, -0.2) is 11.1 Å². The highest BCUT2D eigenvalue weighted by molar-refractivity contribution is 5.71. The van der Waals surface area contributed by atoms with E-state index in [4.69, 9.17) is 10.4 Å². The third-order valence-corrected chi connectivity index (χ3v) is 2.73. The smallest absolute Gasteiger partial charge is 0.308 e. The normalized spacial score (nSPS) is 16.8. The van der Waals surface area contributed by atoms with E-state index >= 15 is 0 Å². The molecule has 0 aliphatic rings. The molecule has 0 heterocycles. The standard InChI is InChI=1S/C12H21NO2/c1-5-6-10(11(14)15)12(4,8-13)7-9(2)3/h9-10H,5-7H2,1-4H3,(H,14,15). The summed E-state index contributed by atoms with van der Waals surface area (Å²) in [4.78, 5) is 11.1. The van der Waals surface area contributed by atoms with Gasteiger partial charge in [0.25, 0.3) is 0 Å². The molecule has 86 valence electrons. The predicted molar refractivity (Wildman–Crippen MR) is 59.2 cm³/mol. The third kappa shape index (κ3) is 3.91. The Hall–Kier alpha value is -1.04. The largest absolute Gasteiger partial charge is 0.481 e. The first-order valence-electron chi connectivity index (χ1n) is 5.51.